The summed E-state index contributed by atoms with van der Waals surface area (Å²) in [6.45, 7) is 1.55. The molecule has 0 spiro atoms. The lowest BCUT2D eigenvalue weighted by atomic mass is 9.93. The molecule has 72 valence electrons. The van der Waals surface area contributed by atoms with Gasteiger partial charge in [0.2, 0.25) is 0 Å². The average Bonchev–Trinajstić information content (AvgIpc) is 2.08. The number of rotatable bonds is 2. The van der Waals surface area contributed by atoms with Crippen LogP contribution in [0.4, 0.5) is 0 Å². The Hall–Kier alpha value is -0.760. The lowest BCUT2D eigenvalue weighted by Crippen LogP contribution is -2.06. The molecule has 0 atom stereocenters. The molecule has 2 nitrogen and oxygen atoms in total. The summed E-state index contributed by atoms with van der Waals surface area (Å²) in [7, 11) is 1.58. The molecule has 3 heteroatoms. The molecule has 0 amide bonds. The lowest BCUT2D eigenvalue weighted by molar-refractivity contribution is -0.113. The highest BCUT2D eigenvalue weighted by molar-refractivity contribution is 6.34. The largest absolute Gasteiger partial charge is 0.504 e. The zero-order valence-electron chi connectivity index (χ0n) is 7.89. The summed E-state index contributed by atoms with van der Waals surface area (Å²) in [5.41, 5.74) is 1.66. The maximum absolute atomic E-state index is 11.1. The fraction of sp³-hybridized carbons (Fsp3) is 0.500. The first-order valence-corrected chi connectivity index (χ1v) is 4.66. The number of ketones is 1. The minimum atomic E-state index is 0.0618. The van der Waals surface area contributed by atoms with Crippen LogP contribution in [0.5, 0.6) is 0 Å². The van der Waals surface area contributed by atoms with E-state index >= 15 is 0 Å². The second-order valence-electron chi connectivity index (χ2n) is 3.08. The molecular weight excluding hydrogens is 188 g/mol. The predicted molar refractivity (Wildman–Crippen MR) is 52.5 cm³/mol. The summed E-state index contributed by atoms with van der Waals surface area (Å²) in [4.78, 5) is 11.1. The van der Waals surface area contributed by atoms with Gasteiger partial charge >= 0.3 is 0 Å². The van der Waals surface area contributed by atoms with Gasteiger partial charge in [-0.3, -0.25) is 4.79 Å². The molecule has 13 heavy (non-hydrogen) atoms. The van der Waals surface area contributed by atoms with E-state index in [1.54, 1.807) is 20.3 Å². The first-order valence-electron chi connectivity index (χ1n) is 4.28. The third-order valence-electron chi connectivity index (χ3n) is 2.10. The zero-order chi connectivity index (χ0) is 9.84. The maximum atomic E-state index is 11.1. The first-order chi connectivity index (χ1) is 6.16. The highest BCUT2D eigenvalue weighted by Crippen LogP contribution is 2.32. The van der Waals surface area contributed by atoms with Gasteiger partial charge in [-0.15, -0.1) is 0 Å². The van der Waals surface area contributed by atoms with Crippen LogP contribution in [0.3, 0.4) is 0 Å². The van der Waals surface area contributed by atoms with Crippen LogP contribution in [0.15, 0.2) is 22.4 Å². The van der Waals surface area contributed by atoms with E-state index in [4.69, 9.17) is 16.3 Å². The second-order valence-corrected chi connectivity index (χ2v) is 3.46. The van der Waals surface area contributed by atoms with Crippen molar-refractivity contribution in [2.45, 2.75) is 26.2 Å². The molecule has 0 aliphatic heterocycles. The summed E-state index contributed by atoms with van der Waals surface area (Å²) in [5, 5.41) is 0.584. The number of allylic oxidation sites excluding steroid dienone is 3. The number of hydrogen-bond acceptors (Lipinski definition) is 2. The van der Waals surface area contributed by atoms with E-state index in [0.29, 0.717) is 5.03 Å². The van der Waals surface area contributed by atoms with E-state index in [2.05, 4.69) is 0 Å². The molecule has 0 radical (unpaired) electrons. The van der Waals surface area contributed by atoms with Gasteiger partial charge in [-0.25, -0.2) is 0 Å². The van der Waals surface area contributed by atoms with Crippen molar-refractivity contribution in [2.75, 3.05) is 7.11 Å². The fourth-order valence-electron chi connectivity index (χ4n) is 1.45. The van der Waals surface area contributed by atoms with Crippen molar-refractivity contribution in [3.8, 4) is 0 Å². The Morgan fingerprint density at radius 3 is 2.77 bits per heavy atom. The highest BCUT2D eigenvalue weighted by atomic mass is 35.5. The monoisotopic (exact) mass is 200 g/mol. The van der Waals surface area contributed by atoms with E-state index in [0.717, 1.165) is 30.4 Å². The SMILES string of the molecule is CO/C=C1\CCCC(C(C)=O)=C1Cl. The summed E-state index contributed by atoms with van der Waals surface area (Å²) >= 11 is 6.03. The molecule has 1 rings (SSSR count). The van der Waals surface area contributed by atoms with Crippen molar-refractivity contribution >= 4 is 17.4 Å². The van der Waals surface area contributed by atoms with Crippen LogP contribution in [0.25, 0.3) is 0 Å². The third kappa shape index (κ3) is 2.34. The van der Waals surface area contributed by atoms with Crippen molar-refractivity contribution in [1.29, 1.82) is 0 Å². The van der Waals surface area contributed by atoms with Gasteiger partial charge in [0.25, 0.3) is 0 Å². The first kappa shape index (κ1) is 10.3. The number of methoxy groups -OCH3 is 1. The van der Waals surface area contributed by atoms with Gasteiger partial charge in [-0.05, 0) is 26.2 Å². The van der Waals surface area contributed by atoms with Gasteiger partial charge in [-0.2, -0.15) is 0 Å². The molecule has 0 bridgehead atoms. The number of halogens is 1. The molecule has 0 heterocycles. The number of ether oxygens (including phenoxy) is 1. The van der Waals surface area contributed by atoms with Crippen LogP contribution in [0.2, 0.25) is 0 Å². The lowest BCUT2D eigenvalue weighted by Gasteiger charge is -2.16. The van der Waals surface area contributed by atoms with Crippen LogP contribution >= 0.6 is 11.6 Å². The van der Waals surface area contributed by atoms with E-state index in [9.17, 15) is 4.79 Å². The normalized spacial score (nSPS) is 20.7. The zero-order valence-corrected chi connectivity index (χ0v) is 8.65. The summed E-state index contributed by atoms with van der Waals surface area (Å²) in [6.07, 6.45) is 4.27. The molecule has 0 saturated carbocycles. The molecule has 0 aromatic rings. The second kappa shape index (κ2) is 4.47. The Morgan fingerprint density at radius 1 is 1.54 bits per heavy atom. The van der Waals surface area contributed by atoms with Crippen LogP contribution in [-0.2, 0) is 9.53 Å². The fourth-order valence-corrected chi connectivity index (χ4v) is 1.82. The topological polar surface area (TPSA) is 26.3 Å². The minimum Gasteiger partial charge on any atom is -0.504 e. The summed E-state index contributed by atoms with van der Waals surface area (Å²) in [6, 6.07) is 0. The van der Waals surface area contributed by atoms with Gasteiger partial charge in [0.15, 0.2) is 5.78 Å². The summed E-state index contributed by atoms with van der Waals surface area (Å²) in [5.74, 6) is 0.0618. The van der Waals surface area contributed by atoms with Crippen LogP contribution in [0, 0.1) is 0 Å². The Kier molecular flexibility index (Phi) is 3.55. The third-order valence-corrected chi connectivity index (χ3v) is 2.58. The van der Waals surface area contributed by atoms with Crippen LogP contribution < -0.4 is 0 Å². The van der Waals surface area contributed by atoms with Crippen LogP contribution in [0.1, 0.15) is 26.2 Å². The molecule has 0 unspecified atom stereocenters. The average molecular weight is 201 g/mol. The molecule has 1 aliphatic carbocycles. The van der Waals surface area contributed by atoms with E-state index in [1.165, 1.54) is 0 Å². The minimum absolute atomic E-state index is 0.0618. The van der Waals surface area contributed by atoms with Gasteiger partial charge in [0, 0.05) is 11.1 Å². The Morgan fingerprint density at radius 2 is 2.23 bits per heavy atom. The van der Waals surface area contributed by atoms with E-state index in [-0.39, 0.29) is 5.78 Å². The highest BCUT2D eigenvalue weighted by Gasteiger charge is 2.18. The van der Waals surface area contributed by atoms with Crippen LogP contribution in [-0.4, -0.2) is 12.9 Å². The van der Waals surface area contributed by atoms with E-state index < -0.39 is 0 Å². The predicted octanol–water partition coefficient (Wildman–Crippen LogP) is 2.78. The van der Waals surface area contributed by atoms with Crippen molar-refractivity contribution < 1.29 is 9.53 Å². The smallest absolute Gasteiger partial charge is 0.157 e. The summed E-state index contributed by atoms with van der Waals surface area (Å²) < 4.78 is 4.89. The van der Waals surface area contributed by atoms with Gasteiger partial charge < -0.3 is 4.74 Å². The van der Waals surface area contributed by atoms with Crippen molar-refractivity contribution in [1.82, 2.24) is 0 Å². The quantitative estimate of drug-likeness (QED) is 0.641. The van der Waals surface area contributed by atoms with Gasteiger partial charge in [-0.1, -0.05) is 11.6 Å². The molecule has 0 N–H and O–H groups in total. The molecule has 1 aliphatic rings. The Balaban J connectivity index is 2.99. The van der Waals surface area contributed by atoms with Gasteiger partial charge in [0.05, 0.1) is 18.4 Å². The Labute approximate surface area is 83.2 Å². The number of Topliss-reactive ketones (excluding diaryl/α,β-unsaturated/α-hetero) is 1. The molecule has 0 aromatic carbocycles. The Bertz CT molecular complexity index is 277. The van der Waals surface area contributed by atoms with E-state index in [1.807, 2.05) is 0 Å². The van der Waals surface area contributed by atoms with Crippen molar-refractivity contribution in [3.05, 3.63) is 22.4 Å². The maximum Gasteiger partial charge on any atom is 0.157 e. The number of carbonyl (C=O) groups is 1. The molecule has 0 aromatic heterocycles. The molecule has 0 saturated heterocycles. The van der Waals surface area contributed by atoms with Crippen molar-refractivity contribution in [2.24, 2.45) is 0 Å². The van der Waals surface area contributed by atoms with Crippen molar-refractivity contribution in [3.63, 3.8) is 0 Å². The molecular formula is C10H13ClO2. The standard InChI is InChI=1S/C10H13ClO2/c1-7(12)9-5-3-4-8(6-13-2)10(9)11/h6H,3-5H2,1-2H3/b8-6+. The number of carbonyl (C=O) groups excluding carboxylic acids is 1. The molecule has 0 fully saturated rings. The van der Waals surface area contributed by atoms with Gasteiger partial charge in [0.1, 0.15) is 0 Å². The number of hydrogen-bond donors (Lipinski definition) is 0.